The molecule has 1 unspecified atom stereocenters. The van der Waals surface area contributed by atoms with E-state index in [4.69, 9.17) is 9.47 Å². The smallest absolute Gasteiger partial charge is 0.302 e. The molecule has 1 saturated heterocycles. The van der Waals surface area contributed by atoms with Gasteiger partial charge in [-0.15, -0.1) is 0 Å². The monoisotopic (exact) mass is 865 g/mol. The fourth-order valence-electron chi connectivity index (χ4n) is 15.0. The van der Waals surface area contributed by atoms with Crippen LogP contribution in [0.1, 0.15) is 131 Å². The molecule has 1 aromatic rings. The molecule has 0 bridgehead atoms. The number of Topliss-reactive ketones (excluding diaryl/α,β-unsaturated/α-hetero) is 2. The lowest BCUT2D eigenvalue weighted by Crippen LogP contribution is -2.83. The molecule has 12 nitrogen and oxygen atoms in total. The van der Waals surface area contributed by atoms with Crippen LogP contribution in [0.2, 0.25) is 0 Å². The van der Waals surface area contributed by atoms with E-state index in [2.05, 4.69) is 26.8 Å². The van der Waals surface area contributed by atoms with Crippen molar-refractivity contribution in [1.82, 2.24) is 0 Å². The average molecular weight is 865 g/mol. The molecule has 1 aliphatic heterocycles. The van der Waals surface area contributed by atoms with E-state index in [1.165, 1.54) is 39.0 Å². The predicted octanol–water partition coefficient (Wildman–Crippen LogP) is 5.02. The van der Waals surface area contributed by atoms with Gasteiger partial charge in [-0.3, -0.25) is 14.4 Å². The maximum Gasteiger partial charge on any atom is 0.302 e. The summed E-state index contributed by atoms with van der Waals surface area (Å²) in [6, 6.07) is 7.77. The molecule has 7 N–H and O–H groups in total. The highest BCUT2D eigenvalue weighted by molar-refractivity contribution is 6.12. The normalized spacial score (nSPS) is 48.3. The summed E-state index contributed by atoms with van der Waals surface area (Å²) in [5.41, 5.74) is -11.1. The van der Waals surface area contributed by atoms with Crippen LogP contribution in [0.25, 0.3) is 0 Å². The van der Waals surface area contributed by atoms with Gasteiger partial charge in [0.15, 0.2) is 17.0 Å². The van der Waals surface area contributed by atoms with Crippen molar-refractivity contribution in [3.05, 3.63) is 59.2 Å². The minimum absolute atomic E-state index is 0.0121. The van der Waals surface area contributed by atoms with Crippen molar-refractivity contribution in [2.24, 2.45) is 50.2 Å². The van der Waals surface area contributed by atoms with E-state index in [-0.39, 0.29) is 53.8 Å². The number of ketones is 2. The number of ether oxygens (including phenoxy) is 2. The number of aliphatic hydroxyl groups is 7. The molecule has 7 rings (SSSR count). The van der Waals surface area contributed by atoms with E-state index in [9.17, 15) is 50.1 Å². The largest absolute Gasteiger partial charge is 0.465 e. The Labute approximate surface area is 366 Å². The summed E-state index contributed by atoms with van der Waals surface area (Å²) < 4.78 is 12.1. The summed E-state index contributed by atoms with van der Waals surface area (Å²) in [5.74, 6) is -3.06. The number of carbonyl (C=O) groups excluding carboxylic acids is 3. The van der Waals surface area contributed by atoms with E-state index in [0.717, 1.165) is 5.57 Å². The molecule has 1 aromatic carbocycles. The van der Waals surface area contributed by atoms with Crippen molar-refractivity contribution in [1.29, 1.82) is 0 Å². The van der Waals surface area contributed by atoms with Crippen molar-refractivity contribution < 1.29 is 59.6 Å². The molecule has 16 atom stereocenters. The van der Waals surface area contributed by atoms with Gasteiger partial charge in [0.05, 0.1) is 35.4 Å². The number of benzene rings is 1. The molecule has 5 fully saturated rings. The van der Waals surface area contributed by atoms with Crippen molar-refractivity contribution in [3.63, 3.8) is 0 Å². The number of aliphatic hydroxyl groups excluding tert-OH is 4. The van der Waals surface area contributed by atoms with Crippen LogP contribution in [0.4, 0.5) is 0 Å². The summed E-state index contributed by atoms with van der Waals surface area (Å²) in [5, 5.41) is 86.6. The van der Waals surface area contributed by atoms with Gasteiger partial charge in [0, 0.05) is 12.5 Å². The Balaban J connectivity index is 1.27. The molecule has 0 spiro atoms. The first-order valence-electron chi connectivity index (χ1n) is 22.7. The Bertz CT molecular complexity index is 2040. The van der Waals surface area contributed by atoms with E-state index in [1.54, 1.807) is 25.1 Å². The number of hydrogen-bond donors (Lipinski definition) is 7. The maximum absolute atomic E-state index is 14.3. The Morgan fingerprint density at radius 3 is 2.05 bits per heavy atom. The van der Waals surface area contributed by atoms with Crippen LogP contribution in [0.15, 0.2) is 53.6 Å². The fourth-order valence-corrected chi connectivity index (χ4v) is 15.0. The number of rotatable bonds is 7. The molecule has 6 aliphatic rings. The Morgan fingerprint density at radius 2 is 1.45 bits per heavy atom. The molecular weight excluding hydrogens is 793 g/mol. The van der Waals surface area contributed by atoms with Crippen molar-refractivity contribution >= 4 is 17.5 Å². The summed E-state index contributed by atoms with van der Waals surface area (Å²) in [4.78, 5) is 40.8. The molecule has 344 valence electrons. The van der Waals surface area contributed by atoms with Gasteiger partial charge >= 0.3 is 5.97 Å². The molecule has 12 heteroatoms. The highest BCUT2D eigenvalue weighted by Crippen LogP contribution is 2.77. The molecule has 5 aliphatic carbocycles. The zero-order valence-electron chi connectivity index (χ0n) is 38.6. The predicted molar refractivity (Wildman–Crippen MR) is 230 cm³/mol. The fraction of sp³-hybridized carbons (Fsp3) is 0.740. The van der Waals surface area contributed by atoms with Crippen molar-refractivity contribution in [2.75, 3.05) is 6.61 Å². The van der Waals surface area contributed by atoms with Crippen LogP contribution < -0.4 is 0 Å². The zero-order chi connectivity index (χ0) is 46.2. The van der Waals surface area contributed by atoms with Gasteiger partial charge in [0.2, 0.25) is 5.78 Å². The highest BCUT2D eigenvalue weighted by atomic mass is 16.6. The molecule has 0 aromatic heterocycles. The third-order valence-corrected chi connectivity index (χ3v) is 19.2. The zero-order valence-corrected chi connectivity index (χ0v) is 38.6. The van der Waals surface area contributed by atoms with Gasteiger partial charge in [-0.1, -0.05) is 96.5 Å². The van der Waals surface area contributed by atoms with Gasteiger partial charge in [0.1, 0.15) is 18.8 Å². The molecule has 62 heavy (non-hydrogen) atoms. The van der Waals surface area contributed by atoms with Crippen LogP contribution in [0.5, 0.6) is 0 Å². The topological polar surface area (TPSA) is 211 Å². The number of hydrogen-bond acceptors (Lipinski definition) is 12. The molecule has 1 heterocycles. The van der Waals surface area contributed by atoms with Gasteiger partial charge < -0.3 is 45.2 Å². The second-order valence-electron chi connectivity index (χ2n) is 22.4. The van der Waals surface area contributed by atoms with Crippen LogP contribution in [-0.2, 0) is 19.1 Å². The first-order chi connectivity index (χ1) is 28.6. The molecule has 0 radical (unpaired) electrons. The first-order valence-corrected chi connectivity index (χ1v) is 22.7. The lowest BCUT2D eigenvalue weighted by molar-refractivity contribution is -0.340. The van der Waals surface area contributed by atoms with Crippen LogP contribution in [-0.4, -0.2) is 113 Å². The van der Waals surface area contributed by atoms with E-state index >= 15 is 0 Å². The highest BCUT2D eigenvalue weighted by Gasteiger charge is 2.78. The first kappa shape index (κ1) is 47.2. The van der Waals surface area contributed by atoms with E-state index < -0.39 is 98.0 Å². The quantitative estimate of drug-likeness (QED) is 0.0834. The number of esters is 1. The number of carbonyl (C=O) groups is 3. The SMILES string of the molecule is C/C=C(/C)C(=O)[C@@]1(O)[C@H](O)[C@@H]([C@]2(O)CC[C@@]3(C)C(CC[C@]4(C)[C@@H]3CC=C3[C@H]5CC(C)(C)[C@@H](O)[C@H](O)[C@]5(COC(C)=O)[C@H](O)C[C@]34C)C2(C)C)O[C@H](C)[C@]1(O)C(=O)c1ccccc1. The van der Waals surface area contributed by atoms with Gasteiger partial charge in [-0.25, -0.2) is 0 Å². The summed E-state index contributed by atoms with van der Waals surface area (Å²) in [6.45, 7) is 20.0. The molecular formula is C50H72O12. The third-order valence-electron chi connectivity index (χ3n) is 19.2. The molecule has 0 amide bonds. The second kappa shape index (κ2) is 14.9. The van der Waals surface area contributed by atoms with Gasteiger partial charge in [-0.05, 0) is 116 Å². The number of fused-ring (bicyclic) bond motifs is 7. The average Bonchev–Trinajstić information content (AvgIpc) is 3.21. The summed E-state index contributed by atoms with van der Waals surface area (Å²) >= 11 is 0. The van der Waals surface area contributed by atoms with Crippen LogP contribution >= 0.6 is 0 Å². The lowest BCUT2D eigenvalue weighted by Gasteiger charge is -2.73. The van der Waals surface area contributed by atoms with Crippen LogP contribution in [0, 0.1) is 50.2 Å². The molecule has 4 saturated carbocycles. The third kappa shape index (κ3) is 5.82. The lowest BCUT2D eigenvalue weighted by atomic mass is 9.32. The minimum atomic E-state index is -3.10. The van der Waals surface area contributed by atoms with Gasteiger partial charge in [0.25, 0.3) is 0 Å². The van der Waals surface area contributed by atoms with E-state index in [0.29, 0.717) is 32.1 Å². The second-order valence-corrected chi connectivity index (χ2v) is 22.4. The van der Waals surface area contributed by atoms with Gasteiger partial charge in [-0.2, -0.15) is 0 Å². The van der Waals surface area contributed by atoms with Crippen molar-refractivity contribution in [2.45, 2.75) is 175 Å². The van der Waals surface area contributed by atoms with Crippen molar-refractivity contribution in [3.8, 4) is 0 Å². The maximum atomic E-state index is 14.3. The Kier molecular flexibility index (Phi) is 11.3. The minimum Gasteiger partial charge on any atom is -0.465 e. The Morgan fingerprint density at radius 1 is 0.823 bits per heavy atom. The standard InChI is InChI=1S/C50H72O12/c1-12-27(2)36(53)50(60)40(57)41(62-28(3)49(50,59)37(54)30-16-14-13-15-17-30)48(58)23-22-44(9)33(43(48,7)8)20-21-45(10)34(44)19-18-31-32-24-42(5,6)38(55)39(56)47(32,26-61-29(4)51)35(52)25-46(31,45)11/h12-18,28,32-35,38-41,52,55-60H,19-26H2,1-11H3/b27-12-/t28-,32-,33?,34-,35-,38+,39+,40-,41+,44+,45-,46-,47+,48-,49+,50-/m1/s1. The summed E-state index contributed by atoms with van der Waals surface area (Å²) in [7, 11) is 0. The summed E-state index contributed by atoms with van der Waals surface area (Å²) in [6.07, 6.45) is -1.85. The number of allylic oxidation sites excluding steroid dienone is 3. The Hall–Kier alpha value is -2.81. The van der Waals surface area contributed by atoms with E-state index in [1.807, 2.05) is 27.7 Å². The van der Waals surface area contributed by atoms with Crippen LogP contribution in [0.3, 0.4) is 0 Å².